The molecular formula is C17H18N4O2S. The van der Waals surface area contributed by atoms with E-state index in [9.17, 15) is 9.59 Å². The molecule has 3 N–H and O–H groups in total. The molecular weight excluding hydrogens is 324 g/mol. The number of rotatable bonds is 6. The molecule has 124 valence electrons. The van der Waals surface area contributed by atoms with Crippen molar-refractivity contribution in [2.45, 2.75) is 6.92 Å². The fourth-order valence-electron chi connectivity index (χ4n) is 1.78. The zero-order chi connectivity index (χ0) is 17.4. The van der Waals surface area contributed by atoms with Crippen LogP contribution >= 0.6 is 11.3 Å². The van der Waals surface area contributed by atoms with Crippen LogP contribution in [-0.2, 0) is 4.79 Å². The van der Waals surface area contributed by atoms with E-state index in [1.54, 1.807) is 36.4 Å². The number of benzene rings is 1. The van der Waals surface area contributed by atoms with Gasteiger partial charge in [-0.2, -0.15) is 0 Å². The van der Waals surface area contributed by atoms with Gasteiger partial charge >= 0.3 is 6.03 Å². The number of aromatic nitrogens is 1. The Hall–Kier alpha value is -2.93. The summed E-state index contributed by atoms with van der Waals surface area (Å²) < 4.78 is 0. The first-order valence-corrected chi connectivity index (χ1v) is 8.12. The van der Waals surface area contributed by atoms with E-state index in [2.05, 4.69) is 27.5 Å². The Bertz CT molecular complexity index is 750. The normalized spacial score (nSPS) is 10.4. The Labute approximate surface area is 144 Å². The number of anilines is 2. The quantitative estimate of drug-likeness (QED) is 0.556. The average molecular weight is 342 g/mol. The fourth-order valence-corrected chi connectivity index (χ4v) is 2.36. The summed E-state index contributed by atoms with van der Waals surface area (Å²) in [7, 11) is 0. The Morgan fingerprint density at radius 3 is 2.46 bits per heavy atom. The minimum absolute atomic E-state index is 0.245. The molecule has 0 saturated carbocycles. The van der Waals surface area contributed by atoms with E-state index >= 15 is 0 Å². The lowest BCUT2D eigenvalue weighted by atomic mass is 10.2. The largest absolute Gasteiger partial charge is 0.334 e. The number of urea groups is 1. The monoisotopic (exact) mass is 342 g/mol. The summed E-state index contributed by atoms with van der Waals surface area (Å²) in [6.45, 7) is 5.83. The fraction of sp³-hybridized carbons (Fsp3) is 0.118. The summed E-state index contributed by atoms with van der Waals surface area (Å²) in [5, 5.41) is 10.9. The minimum atomic E-state index is -0.312. The first kappa shape index (κ1) is 17.4. The summed E-state index contributed by atoms with van der Waals surface area (Å²) in [6.07, 6.45) is 4.70. The van der Waals surface area contributed by atoms with Crippen LogP contribution in [0.1, 0.15) is 10.7 Å². The molecule has 0 aliphatic heterocycles. The van der Waals surface area contributed by atoms with Crippen LogP contribution < -0.4 is 16.0 Å². The third-order valence-corrected chi connectivity index (χ3v) is 3.65. The highest BCUT2D eigenvalue weighted by Crippen LogP contribution is 2.14. The summed E-state index contributed by atoms with van der Waals surface area (Å²) in [5.41, 5.74) is 2.02. The van der Waals surface area contributed by atoms with Crippen LogP contribution in [0.3, 0.4) is 0 Å². The van der Waals surface area contributed by atoms with Crippen molar-refractivity contribution in [3.05, 3.63) is 59.1 Å². The van der Waals surface area contributed by atoms with Gasteiger partial charge in [0, 0.05) is 29.4 Å². The van der Waals surface area contributed by atoms with Crippen LogP contribution in [0.4, 0.5) is 16.2 Å². The predicted octanol–water partition coefficient (Wildman–Crippen LogP) is 3.41. The van der Waals surface area contributed by atoms with Crippen molar-refractivity contribution in [2.24, 2.45) is 0 Å². The van der Waals surface area contributed by atoms with E-state index in [1.165, 1.54) is 17.4 Å². The lowest BCUT2D eigenvalue weighted by Crippen LogP contribution is -2.28. The molecule has 0 spiro atoms. The van der Waals surface area contributed by atoms with E-state index in [4.69, 9.17) is 0 Å². The molecule has 1 heterocycles. The minimum Gasteiger partial charge on any atom is -0.334 e. The maximum Gasteiger partial charge on any atom is 0.319 e. The van der Waals surface area contributed by atoms with Gasteiger partial charge in [-0.3, -0.25) is 4.79 Å². The molecule has 0 radical (unpaired) electrons. The van der Waals surface area contributed by atoms with Crippen molar-refractivity contribution in [3.63, 3.8) is 0 Å². The van der Waals surface area contributed by atoms with Crippen LogP contribution in [0.5, 0.6) is 0 Å². The van der Waals surface area contributed by atoms with Gasteiger partial charge in [-0.1, -0.05) is 6.08 Å². The number of nitrogens with zero attached hydrogens (tertiary/aromatic N) is 1. The molecule has 1 aromatic carbocycles. The topological polar surface area (TPSA) is 83.1 Å². The van der Waals surface area contributed by atoms with E-state index < -0.39 is 0 Å². The zero-order valence-electron chi connectivity index (χ0n) is 13.2. The summed E-state index contributed by atoms with van der Waals surface area (Å²) in [4.78, 5) is 27.6. The highest BCUT2D eigenvalue weighted by atomic mass is 32.1. The zero-order valence-corrected chi connectivity index (χ0v) is 14.0. The van der Waals surface area contributed by atoms with Crippen molar-refractivity contribution in [3.8, 4) is 0 Å². The molecule has 6 nitrogen and oxygen atoms in total. The van der Waals surface area contributed by atoms with Crippen molar-refractivity contribution in [1.82, 2.24) is 10.3 Å². The average Bonchev–Trinajstić information content (AvgIpc) is 2.98. The molecule has 7 heteroatoms. The number of amides is 3. The van der Waals surface area contributed by atoms with E-state index in [1.807, 2.05) is 12.3 Å². The van der Waals surface area contributed by atoms with Gasteiger partial charge in [0.1, 0.15) is 0 Å². The van der Waals surface area contributed by atoms with Crippen LogP contribution in [0.25, 0.3) is 6.08 Å². The van der Waals surface area contributed by atoms with Gasteiger partial charge in [-0.25, -0.2) is 9.78 Å². The first-order chi connectivity index (χ1) is 11.6. The van der Waals surface area contributed by atoms with Gasteiger partial charge in [0.25, 0.3) is 0 Å². The van der Waals surface area contributed by atoms with E-state index in [0.29, 0.717) is 17.9 Å². The smallest absolute Gasteiger partial charge is 0.319 e. The van der Waals surface area contributed by atoms with Crippen LogP contribution in [0.15, 0.2) is 48.4 Å². The molecule has 0 atom stereocenters. The van der Waals surface area contributed by atoms with Gasteiger partial charge in [0.15, 0.2) is 0 Å². The van der Waals surface area contributed by atoms with Crippen LogP contribution in [-0.4, -0.2) is 23.5 Å². The number of hydrogen-bond acceptors (Lipinski definition) is 4. The molecule has 0 unspecified atom stereocenters. The number of carbonyl (C=O) groups is 2. The maximum absolute atomic E-state index is 11.9. The number of thiazole rings is 1. The second-order valence-electron chi connectivity index (χ2n) is 4.82. The number of aryl methyl sites for hydroxylation is 1. The number of nitrogens with one attached hydrogen (secondary N) is 3. The third-order valence-electron chi connectivity index (χ3n) is 2.86. The lowest BCUT2D eigenvalue weighted by Gasteiger charge is -2.07. The summed E-state index contributed by atoms with van der Waals surface area (Å²) in [6, 6.07) is 6.52. The first-order valence-electron chi connectivity index (χ1n) is 7.24. The highest BCUT2D eigenvalue weighted by Gasteiger charge is 2.02. The summed E-state index contributed by atoms with van der Waals surface area (Å²) in [5.74, 6) is -0.245. The van der Waals surface area contributed by atoms with Crippen molar-refractivity contribution in [1.29, 1.82) is 0 Å². The molecule has 0 aliphatic rings. The Balaban J connectivity index is 1.86. The molecule has 2 aromatic rings. The lowest BCUT2D eigenvalue weighted by molar-refractivity contribution is -0.111. The van der Waals surface area contributed by atoms with Gasteiger partial charge in [0.05, 0.1) is 10.7 Å². The van der Waals surface area contributed by atoms with E-state index in [-0.39, 0.29) is 11.9 Å². The van der Waals surface area contributed by atoms with Gasteiger partial charge in [0.2, 0.25) is 5.91 Å². The van der Waals surface area contributed by atoms with E-state index in [0.717, 1.165) is 10.7 Å². The standard InChI is InChI=1S/C17H18N4O2S/c1-3-10-18-17(23)21-14-6-4-13(5-7-14)20-16(22)9-8-15-11-24-12(2)19-15/h3-9,11H,1,10H2,2H3,(H,20,22)(H2,18,21,23)/b9-8+. The Morgan fingerprint density at radius 1 is 1.21 bits per heavy atom. The molecule has 0 aliphatic carbocycles. The Kier molecular flexibility index (Phi) is 6.27. The SMILES string of the molecule is C=CCNC(=O)Nc1ccc(NC(=O)/C=C/c2csc(C)n2)cc1. The number of carbonyl (C=O) groups excluding carboxylic acids is 2. The second-order valence-corrected chi connectivity index (χ2v) is 5.88. The molecule has 24 heavy (non-hydrogen) atoms. The summed E-state index contributed by atoms with van der Waals surface area (Å²) >= 11 is 1.53. The Morgan fingerprint density at radius 2 is 1.88 bits per heavy atom. The molecule has 0 fully saturated rings. The van der Waals surface area contributed by atoms with Crippen molar-refractivity contribution >= 4 is 40.7 Å². The predicted molar refractivity (Wildman–Crippen MR) is 98.2 cm³/mol. The second kappa shape index (κ2) is 8.64. The van der Waals surface area contributed by atoms with Crippen LogP contribution in [0, 0.1) is 6.92 Å². The van der Waals surface area contributed by atoms with Crippen molar-refractivity contribution in [2.75, 3.05) is 17.2 Å². The van der Waals surface area contributed by atoms with Crippen molar-refractivity contribution < 1.29 is 9.59 Å². The van der Waals surface area contributed by atoms with Crippen LogP contribution in [0.2, 0.25) is 0 Å². The molecule has 2 rings (SSSR count). The van der Waals surface area contributed by atoms with Gasteiger partial charge in [-0.15, -0.1) is 17.9 Å². The third kappa shape index (κ3) is 5.69. The highest BCUT2D eigenvalue weighted by molar-refractivity contribution is 7.09. The molecule has 3 amide bonds. The van der Waals surface area contributed by atoms with Gasteiger partial charge < -0.3 is 16.0 Å². The maximum atomic E-state index is 11.9. The molecule has 1 aromatic heterocycles. The number of hydrogen-bond donors (Lipinski definition) is 3. The van der Waals surface area contributed by atoms with Gasteiger partial charge in [-0.05, 0) is 37.3 Å². The molecule has 0 saturated heterocycles. The molecule has 0 bridgehead atoms.